The minimum absolute atomic E-state index is 0.000504. The number of aryl methyl sites for hydroxylation is 1. The molecule has 1 aliphatic heterocycles. The number of thioether (sulfide) groups is 1. The lowest BCUT2D eigenvalue weighted by molar-refractivity contribution is -0.117. The van der Waals surface area contributed by atoms with Crippen LogP contribution in [0.4, 0.5) is 11.4 Å². The van der Waals surface area contributed by atoms with E-state index < -0.39 is 5.63 Å². The number of nitrogens with zero attached hydrogens (tertiary/aromatic N) is 1. The minimum atomic E-state index is -0.423. The molecule has 0 spiro atoms. The van der Waals surface area contributed by atoms with E-state index in [0.717, 1.165) is 21.5 Å². The fourth-order valence-corrected chi connectivity index (χ4v) is 4.17. The topological polar surface area (TPSA) is 79.6 Å². The molecule has 1 aliphatic rings. The van der Waals surface area contributed by atoms with Crippen LogP contribution >= 0.6 is 11.8 Å². The van der Waals surface area contributed by atoms with E-state index in [1.54, 1.807) is 17.0 Å². The second-order valence-electron chi connectivity index (χ2n) is 6.56. The Morgan fingerprint density at radius 2 is 2.00 bits per heavy atom. The summed E-state index contributed by atoms with van der Waals surface area (Å²) in [4.78, 5) is 38.9. The number of rotatable bonds is 4. The molecule has 0 aliphatic carbocycles. The molecular weight excluding hydrogens is 376 g/mol. The maximum atomic E-state index is 12.4. The molecule has 6 nitrogen and oxygen atoms in total. The van der Waals surface area contributed by atoms with Crippen molar-refractivity contribution in [2.45, 2.75) is 18.2 Å². The molecule has 0 saturated heterocycles. The standard InChI is InChI=1S/C21H18N2O4S/c1-13-10-21(26)27-17-11-14(6-7-15(13)17)22-19(24)8-9-23-16-4-2-3-5-18(16)28-12-20(23)25/h2-7,10-11H,8-9,12H2,1H3,(H,22,24). The van der Waals surface area contributed by atoms with Crippen molar-refractivity contribution in [1.82, 2.24) is 0 Å². The van der Waals surface area contributed by atoms with E-state index in [2.05, 4.69) is 5.32 Å². The maximum absolute atomic E-state index is 12.4. The zero-order chi connectivity index (χ0) is 19.7. The summed E-state index contributed by atoms with van der Waals surface area (Å²) in [6.45, 7) is 2.15. The van der Waals surface area contributed by atoms with Crippen molar-refractivity contribution in [3.05, 3.63) is 64.5 Å². The summed E-state index contributed by atoms with van der Waals surface area (Å²) in [7, 11) is 0. The number of carbonyl (C=O) groups excluding carboxylic acids is 2. The molecule has 0 saturated carbocycles. The quantitative estimate of drug-likeness (QED) is 0.685. The number of fused-ring (bicyclic) bond motifs is 2. The Hall–Kier alpha value is -3.06. The van der Waals surface area contributed by atoms with Gasteiger partial charge < -0.3 is 14.6 Å². The lowest BCUT2D eigenvalue weighted by Crippen LogP contribution is -2.37. The van der Waals surface area contributed by atoms with Crippen LogP contribution in [-0.2, 0) is 9.59 Å². The summed E-state index contributed by atoms with van der Waals surface area (Å²) in [6.07, 6.45) is 0.167. The number of hydrogen-bond acceptors (Lipinski definition) is 5. The van der Waals surface area contributed by atoms with E-state index in [4.69, 9.17) is 4.42 Å². The molecule has 2 aromatic carbocycles. The summed E-state index contributed by atoms with van der Waals surface area (Å²) < 4.78 is 5.21. The van der Waals surface area contributed by atoms with Gasteiger partial charge in [-0.3, -0.25) is 9.59 Å². The SMILES string of the molecule is Cc1cc(=O)oc2cc(NC(=O)CCN3C(=O)CSc4ccccc43)ccc12. The van der Waals surface area contributed by atoms with Crippen molar-refractivity contribution in [2.75, 3.05) is 22.5 Å². The van der Waals surface area contributed by atoms with E-state index in [-0.39, 0.29) is 18.2 Å². The Kier molecular flexibility index (Phi) is 4.92. The summed E-state index contributed by atoms with van der Waals surface area (Å²) in [6, 6.07) is 14.3. The zero-order valence-corrected chi connectivity index (χ0v) is 16.0. The summed E-state index contributed by atoms with van der Waals surface area (Å²) >= 11 is 1.51. The number of benzene rings is 2. The molecule has 0 radical (unpaired) electrons. The van der Waals surface area contributed by atoms with Gasteiger partial charge in [0, 0.05) is 41.1 Å². The van der Waals surface area contributed by atoms with Crippen LogP contribution in [0.2, 0.25) is 0 Å². The second-order valence-corrected chi connectivity index (χ2v) is 7.58. The average molecular weight is 394 g/mol. The van der Waals surface area contributed by atoms with Crippen LogP contribution in [0.1, 0.15) is 12.0 Å². The number of hydrogen-bond donors (Lipinski definition) is 1. The molecule has 7 heteroatoms. The van der Waals surface area contributed by atoms with Crippen LogP contribution in [0.15, 0.2) is 62.6 Å². The normalized spacial score (nSPS) is 13.5. The second kappa shape index (κ2) is 7.52. The lowest BCUT2D eigenvalue weighted by Gasteiger charge is -2.28. The maximum Gasteiger partial charge on any atom is 0.336 e. The lowest BCUT2D eigenvalue weighted by atomic mass is 10.1. The third kappa shape index (κ3) is 3.66. The number of para-hydroxylation sites is 1. The van der Waals surface area contributed by atoms with Gasteiger partial charge in [0.2, 0.25) is 11.8 Å². The molecule has 3 aromatic rings. The number of anilines is 2. The van der Waals surface area contributed by atoms with Gasteiger partial charge >= 0.3 is 5.63 Å². The first-order valence-electron chi connectivity index (χ1n) is 8.88. The molecule has 1 aromatic heterocycles. The highest BCUT2D eigenvalue weighted by molar-refractivity contribution is 8.00. The third-order valence-corrected chi connectivity index (χ3v) is 5.65. The van der Waals surface area contributed by atoms with Crippen molar-refractivity contribution >= 4 is 45.9 Å². The van der Waals surface area contributed by atoms with Crippen LogP contribution < -0.4 is 15.8 Å². The molecule has 0 unspecified atom stereocenters. The number of amides is 2. The van der Waals surface area contributed by atoms with Crippen molar-refractivity contribution < 1.29 is 14.0 Å². The van der Waals surface area contributed by atoms with E-state index in [0.29, 0.717) is 23.6 Å². The van der Waals surface area contributed by atoms with Gasteiger partial charge in [0.1, 0.15) is 5.58 Å². The van der Waals surface area contributed by atoms with Gasteiger partial charge in [0.05, 0.1) is 11.4 Å². The van der Waals surface area contributed by atoms with Gasteiger partial charge in [0.25, 0.3) is 0 Å². The van der Waals surface area contributed by atoms with Crippen LogP contribution in [-0.4, -0.2) is 24.1 Å². The molecule has 0 atom stereocenters. The zero-order valence-electron chi connectivity index (χ0n) is 15.2. The molecule has 0 bridgehead atoms. The highest BCUT2D eigenvalue weighted by atomic mass is 32.2. The smallest absolute Gasteiger partial charge is 0.336 e. The predicted octanol–water partition coefficient (Wildman–Crippen LogP) is 3.57. The summed E-state index contributed by atoms with van der Waals surface area (Å²) in [5.41, 5.74) is 2.23. The Morgan fingerprint density at radius 1 is 1.18 bits per heavy atom. The predicted molar refractivity (Wildman–Crippen MR) is 110 cm³/mol. The van der Waals surface area contributed by atoms with Crippen LogP contribution in [0.3, 0.4) is 0 Å². The summed E-state index contributed by atoms with van der Waals surface area (Å²) in [5.74, 6) is 0.166. The van der Waals surface area contributed by atoms with E-state index in [1.165, 1.54) is 17.8 Å². The van der Waals surface area contributed by atoms with Gasteiger partial charge in [-0.2, -0.15) is 0 Å². The molecule has 2 amide bonds. The average Bonchev–Trinajstić information content (AvgIpc) is 2.66. The number of nitrogens with one attached hydrogen (secondary N) is 1. The molecular formula is C21H18N2O4S. The Bertz CT molecular complexity index is 1140. The fraction of sp³-hybridized carbons (Fsp3) is 0.190. The monoisotopic (exact) mass is 394 g/mol. The van der Waals surface area contributed by atoms with Crippen LogP contribution in [0.5, 0.6) is 0 Å². The van der Waals surface area contributed by atoms with E-state index >= 15 is 0 Å². The van der Waals surface area contributed by atoms with Gasteiger partial charge in [-0.15, -0.1) is 11.8 Å². The Labute approximate surface area is 165 Å². The third-order valence-electron chi connectivity index (χ3n) is 4.61. The van der Waals surface area contributed by atoms with Gasteiger partial charge in [-0.1, -0.05) is 12.1 Å². The highest BCUT2D eigenvalue weighted by Gasteiger charge is 2.24. The number of carbonyl (C=O) groups is 2. The fourth-order valence-electron chi connectivity index (χ4n) is 3.24. The molecule has 2 heterocycles. The van der Waals surface area contributed by atoms with Gasteiger partial charge in [-0.25, -0.2) is 4.79 Å². The molecule has 28 heavy (non-hydrogen) atoms. The van der Waals surface area contributed by atoms with Crippen LogP contribution in [0.25, 0.3) is 11.0 Å². The molecule has 142 valence electrons. The largest absolute Gasteiger partial charge is 0.423 e. The van der Waals surface area contributed by atoms with E-state index in [1.807, 2.05) is 37.3 Å². The van der Waals surface area contributed by atoms with Gasteiger partial charge in [-0.05, 0) is 36.8 Å². The highest BCUT2D eigenvalue weighted by Crippen LogP contribution is 2.34. The molecule has 4 rings (SSSR count). The van der Waals surface area contributed by atoms with Crippen molar-refractivity contribution in [3.8, 4) is 0 Å². The van der Waals surface area contributed by atoms with Crippen molar-refractivity contribution in [2.24, 2.45) is 0 Å². The van der Waals surface area contributed by atoms with Crippen molar-refractivity contribution in [3.63, 3.8) is 0 Å². The first kappa shape index (κ1) is 18.3. The minimum Gasteiger partial charge on any atom is -0.423 e. The Balaban J connectivity index is 1.46. The first-order chi connectivity index (χ1) is 13.5. The molecule has 1 N–H and O–H groups in total. The first-order valence-corrected chi connectivity index (χ1v) is 9.86. The van der Waals surface area contributed by atoms with Crippen LogP contribution in [0, 0.1) is 6.92 Å². The van der Waals surface area contributed by atoms with E-state index in [9.17, 15) is 14.4 Å². The summed E-state index contributed by atoms with van der Waals surface area (Å²) in [5, 5.41) is 3.63. The van der Waals surface area contributed by atoms with Crippen molar-refractivity contribution in [1.29, 1.82) is 0 Å². The van der Waals surface area contributed by atoms with Gasteiger partial charge in [0.15, 0.2) is 0 Å². The Morgan fingerprint density at radius 3 is 2.86 bits per heavy atom. The molecule has 0 fully saturated rings.